The number of aryl methyl sites for hydroxylation is 1. The molecule has 0 saturated heterocycles. The lowest BCUT2D eigenvalue weighted by atomic mass is 9.95. The molecule has 0 fully saturated rings. The molecule has 0 aliphatic carbocycles. The molecule has 0 unspecified atom stereocenters. The van der Waals surface area contributed by atoms with Crippen molar-refractivity contribution < 1.29 is 17.6 Å². The van der Waals surface area contributed by atoms with Crippen molar-refractivity contribution in [2.24, 2.45) is 0 Å². The van der Waals surface area contributed by atoms with Crippen LogP contribution in [0.2, 0.25) is 5.02 Å². The zero-order valence-electron chi connectivity index (χ0n) is 18.9. The van der Waals surface area contributed by atoms with Crippen molar-refractivity contribution in [2.45, 2.75) is 45.4 Å². The Kier molecular flexibility index (Phi) is 7.57. The van der Waals surface area contributed by atoms with Gasteiger partial charge < -0.3 is 0 Å². The predicted molar refractivity (Wildman–Crippen MR) is 132 cm³/mol. The van der Waals surface area contributed by atoms with Crippen LogP contribution < -0.4 is 0 Å². The minimum absolute atomic E-state index is 0.0182. The first-order valence-electron chi connectivity index (χ1n) is 11.5. The summed E-state index contributed by atoms with van der Waals surface area (Å²) < 4.78 is 58.9. The van der Waals surface area contributed by atoms with E-state index in [0.717, 1.165) is 42.0 Å². The largest absolute Gasteiger partial charge is 0.206 e. The highest BCUT2D eigenvalue weighted by Gasteiger charge is 2.18. The molecule has 0 nitrogen and oxygen atoms in total. The maximum Gasteiger partial charge on any atom is 0.142 e. The zero-order valence-corrected chi connectivity index (χ0v) is 19.7. The Balaban J connectivity index is 1.63. The molecule has 0 N–H and O–H groups in total. The topological polar surface area (TPSA) is 0 Å². The summed E-state index contributed by atoms with van der Waals surface area (Å²) in [5.41, 5.74) is 0.959. The maximum absolute atomic E-state index is 15.4. The van der Waals surface area contributed by atoms with Gasteiger partial charge in [0.1, 0.15) is 23.3 Å². The molecular weight excluding hydrogens is 460 g/mol. The summed E-state index contributed by atoms with van der Waals surface area (Å²) in [5.74, 6) is -3.12. The highest BCUT2D eigenvalue weighted by molar-refractivity contribution is 6.30. The highest BCUT2D eigenvalue weighted by atomic mass is 35.5. The van der Waals surface area contributed by atoms with E-state index in [1.165, 1.54) is 37.8 Å². The van der Waals surface area contributed by atoms with Crippen LogP contribution in [-0.2, 0) is 6.42 Å². The summed E-state index contributed by atoms with van der Waals surface area (Å²) in [6.45, 7) is 2.18. The number of hydrogen-bond donors (Lipinski definition) is 0. The van der Waals surface area contributed by atoms with Gasteiger partial charge in [-0.2, -0.15) is 0 Å². The van der Waals surface area contributed by atoms with Crippen LogP contribution in [-0.4, -0.2) is 0 Å². The van der Waals surface area contributed by atoms with Gasteiger partial charge in [0.15, 0.2) is 0 Å². The van der Waals surface area contributed by atoms with E-state index in [1.54, 1.807) is 18.2 Å². The fourth-order valence-electron chi connectivity index (χ4n) is 4.31. The first-order valence-corrected chi connectivity index (χ1v) is 11.9. The number of unbranched alkanes of at least 4 members (excludes halogenated alkanes) is 4. The van der Waals surface area contributed by atoms with Crippen molar-refractivity contribution in [1.29, 1.82) is 0 Å². The molecule has 0 spiro atoms. The lowest BCUT2D eigenvalue weighted by Gasteiger charge is -2.12. The van der Waals surface area contributed by atoms with Gasteiger partial charge in [0.05, 0.1) is 10.6 Å². The second-order valence-electron chi connectivity index (χ2n) is 8.59. The molecule has 0 amide bonds. The Bertz CT molecular complexity index is 1310. The molecule has 4 aromatic rings. The quantitative estimate of drug-likeness (QED) is 0.172. The van der Waals surface area contributed by atoms with E-state index >= 15 is 4.39 Å². The van der Waals surface area contributed by atoms with Gasteiger partial charge in [-0.05, 0) is 59.2 Å². The third-order valence-electron chi connectivity index (χ3n) is 6.15. The minimum Gasteiger partial charge on any atom is -0.206 e. The van der Waals surface area contributed by atoms with Crippen molar-refractivity contribution in [2.75, 3.05) is 0 Å². The van der Waals surface area contributed by atoms with E-state index in [0.29, 0.717) is 5.39 Å². The van der Waals surface area contributed by atoms with Gasteiger partial charge in [0.2, 0.25) is 0 Å². The molecule has 0 bridgehead atoms. The molecule has 0 saturated carbocycles. The number of rotatable bonds is 8. The molecule has 176 valence electrons. The van der Waals surface area contributed by atoms with Gasteiger partial charge >= 0.3 is 0 Å². The molecule has 0 aliphatic heterocycles. The average Bonchev–Trinajstić information content (AvgIpc) is 2.81. The van der Waals surface area contributed by atoms with Crippen LogP contribution in [0.5, 0.6) is 0 Å². The van der Waals surface area contributed by atoms with Gasteiger partial charge in [0.25, 0.3) is 0 Å². The van der Waals surface area contributed by atoms with Crippen LogP contribution >= 0.6 is 11.6 Å². The molecular formula is C29H25ClF4. The number of hydrogen-bond acceptors (Lipinski definition) is 0. The van der Waals surface area contributed by atoms with E-state index in [-0.39, 0.29) is 27.3 Å². The smallest absolute Gasteiger partial charge is 0.142 e. The molecule has 0 heterocycles. The van der Waals surface area contributed by atoms with Gasteiger partial charge in [-0.3, -0.25) is 0 Å². The van der Waals surface area contributed by atoms with E-state index in [9.17, 15) is 13.2 Å². The SMILES string of the molecule is CCCCCCCc1ccc2c(F)c(-c3cc(F)c(-c4ccc(Cl)c(F)c4)c(F)c3)ccc2c1. The fraction of sp³-hybridized carbons (Fsp3) is 0.241. The maximum atomic E-state index is 15.4. The van der Waals surface area contributed by atoms with E-state index in [4.69, 9.17) is 11.6 Å². The fourth-order valence-corrected chi connectivity index (χ4v) is 4.43. The summed E-state index contributed by atoms with van der Waals surface area (Å²) in [6, 6.07) is 14.6. The summed E-state index contributed by atoms with van der Waals surface area (Å²) >= 11 is 5.67. The monoisotopic (exact) mass is 484 g/mol. The molecule has 0 aliphatic rings. The number of benzene rings is 4. The molecule has 0 aromatic heterocycles. The van der Waals surface area contributed by atoms with Gasteiger partial charge in [-0.25, -0.2) is 17.6 Å². The lowest BCUT2D eigenvalue weighted by molar-refractivity contribution is 0.589. The summed E-state index contributed by atoms with van der Waals surface area (Å²) in [4.78, 5) is 0. The molecule has 34 heavy (non-hydrogen) atoms. The Hall–Kier alpha value is -2.85. The zero-order chi connectivity index (χ0) is 24.2. The van der Waals surface area contributed by atoms with Crippen LogP contribution in [0, 0.1) is 23.3 Å². The van der Waals surface area contributed by atoms with Crippen LogP contribution in [0.4, 0.5) is 17.6 Å². The minimum atomic E-state index is -0.908. The van der Waals surface area contributed by atoms with Crippen molar-refractivity contribution >= 4 is 22.4 Å². The molecule has 5 heteroatoms. The second kappa shape index (κ2) is 10.6. The lowest BCUT2D eigenvalue weighted by Crippen LogP contribution is -1.95. The normalized spacial score (nSPS) is 11.4. The van der Waals surface area contributed by atoms with Crippen molar-refractivity contribution in [3.63, 3.8) is 0 Å². The summed E-state index contributed by atoms with van der Waals surface area (Å²) in [7, 11) is 0. The van der Waals surface area contributed by atoms with E-state index in [2.05, 4.69) is 6.92 Å². The van der Waals surface area contributed by atoms with E-state index in [1.807, 2.05) is 12.1 Å². The first kappa shape index (κ1) is 24.3. The van der Waals surface area contributed by atoms with Crippen LogP contribution in [0.3, 0.4) is 0 Å². The first-order chi connectivity index (χ1) is 16.4. The second-order valence-corrected chi connectivity index (χ2v) is 9.00. The highest BCUT2D eigenvalue weighted by Crippen LogP contribution is 2.35. The van der Waals surface area contributed by atoms with E-state index < -0.39 is 23.3 Å². The van der Waals surface area contributed by atoms with Crippen molar-refractivity contribution in [1.82, 2.24) is 0 Å². The van der Waals surface area contributed by atoms with Crippen molar-refractivity contribution in [3.05, 3.63) is 94.5 Å². The summed E-state index contributed by atoms with van der Waals surface area (Å²) in [5, 5.41) is 1.01. The molecule has 4 aromatic carbocycles. The third kappa shape index (κ3) is 5.12. The Labute approximate surface area is 202 Å². The number of fused-ring (bicyclic) bond motifs is 1. The molecule has 0 radical (unpaired) electrons. The third-order valence-corrected chi connectivity index (χ3v) is 6.46. The van der Waals surface area contributed by atoms with Crippen molar-refractivity contribution in [3.8, 4) is 22.3 Å². The van der Waals surface area contributed by atoms with Crippen LogP contribution in [0.15, 0.2) is 60.7 Å². The summed E-state index contributed by atoms with van der Waals surface area (Å²) in [6.07, 6.45) is 6.87. The Morgan fingerprint density at radius 3 is 2.09 bits per heavy atom. The van der Waals surface area contributed by atoms with Crippen LogP contribution in [0.1, 0.15) is 44.6 Å². The van der Waals surface area contributed by atoms with Crippen LogP contribution in [0.25, 0.3) is 33.0 Å². The molecule has 0 atom stereocenters. The standard InChI is InChI=1S/C29H25ClF4/c1-2-3-4-5-6-7-18-8-11-22-19(14-18)9-12-23(29(22)34)21-16-26(32)28(27(33)17-21)20-10-13-24(30)25(31)15-20/h8-17H,2-7H2,1H3. The number of halogens is 5. The predicted octanol–water partition coefficient (Wildman–Crippen LogP) is 9.90. The average molecular weight is 485 g/mol. The Morgan fingerprint density at radius 1 is 0.676 bits per heavy atom. The Morgan fingerprint density at radius 2 is 1.38 bits per heavy atom. The van der Waals surface area contributed by atoms with Gasteiger partial charge in [-0.1, -0.05) is 80.6 Å². The molecule has 4 rings (SSSR count). The van der Waals surface area contributed by atoms with Gasteiger partial charge in [0, 0.05) is 10.9 Å². The van der Waals surface area contributed by atoms with Gasteiger partial charge in [-0.15, -0.1) is 0 Å².